The van der Waals surface area contributed by atoms with Crippen molar-refractivity contribution in [3.8, 4) is 0 Å². The van der Waals surface area contributed by atoms with Gasteiger partial charge in [-0.15, -0.1) is 0 Å². The minimum atomic E-state index is -5.47. The first-order valence-corrected chi connectivity index (χ1v) is 8.86. The van der Waals surface area contributed by atoms with Crippen LogP contribution in [0.2, 0.25) is 0 Å². The molecule has 0 spiro atoms. The minimum Gasteiger partial charge on any atom is -0.747 e. The predicted molar refractivity (Wildman–Crippen MR) is 74.2 cm³/mol. The Bertz CT molecular complexity index is 507. The van der Waals surface area contributed by atoms with Crippen molar-refractivity contribution in [2.75, 3.05) is 0 Å². The molecule has 1 atom stereocenters. The third-order valence-corrected chi connectivity index (χ3v) is 6.12. The fourth-order valence-corrected chi connectivity index (χ4v) is 4.53. The summed E-state index contributed by atoms with van der Waals surface area (Å²) in [6.45, 7) is 4.56. The average Bonchev–Trinajstić information content (AvgIpc) is 2.40. The monoisotopic (exact) mass is 404 g/mol. The fraction of sp³-hybridized carbons (Fsp3) is 0.857. The zero-order valence-corrected chi connectivity index (χ0v) is 23.0. The van der Waals surface area contributed by atoms with Gasteiger partial charge in [0.25, 0.3) is 0 Å². The summed E-state index contributed by atoms with van der Waals surface area (Å²) in [6.07, 6.45) is 0.852. The van der Waals surface area contributed by atoms with E-state index in [2.05, 4.69) is 0 Å². The van der Waals surface area contributed by atoms with E-state index in [4.69, 9.17) is 0 Å². The van der Waals surface area contributed by atoms with E-state index >= 15 is 0 Å². The topological polar surface area (TPSA) is 137 Å². The molecule has 130 valence electrons. The molecule has 0 aromatic rings. The maximum atomic E-state index is 11.8. The van der Waals surface area contributed by atoms with Gasteiger partial charge in [-0.05, 0) is 19.3 Å². The molecule has 0 aromatic heterocycles. The van der Waals surface area contributed by atoms with Crippen molar-refractivity contribution >= 4 is 22.1 Å². The number of carboxylic acids is 2. The first-order chi connectivity index (χ1) is 10.1. The number of aliphatic carboxylic acids is 2. The Labute approximate surface area is 216 Å². The summed E-state index contributed by atoms with van der Waals surface area (Å²) in [5.41, 5.74) is -2.31. The molecular weight excluding hydrogens is 381 g/mol. The number of rotatable bonds is 11. The molecule has 25 heavy (non-hydrogen) atoms. The third kappa shape index (κ3) is 7.31. The smallest absolute Gasteiger partial charge is 0.747 e. The van der Waals surface area contributed by atoms with Crippen molar-refractivity contribution in [3.63, 3.8) is 0 Å². The van der Waals surface area contributed by atoms with Gasteiger partial charge in [-0.25, -0.2) is 8.42 Å². The predicted octanol–water partition coefficient (Wildman–Crippen LogP) is -9.44. The van der Waals surface area contributed by atoms with Gasteiger partial charge in [0.2, 0.25) is 0 Å². The van der Waals surface area contributed by atoms with E-state index in [1.807, 2.05) is 6.92 Å². The molecule has 0 radical (unpaired) electrons. The normalized spacial score (nSPS) is 13.4. The minimum absolute atomic E-state index is 0. The van der Waals surface area contributed by atoms with Crippen LogP contribution in [0.4, 0.5) is 0 Å². The molecule has 0 fully saturated rings. The molecule has 0 aliphatic carbocycles. The van der Waals surface area contributed by atoms with E-state index < -0.39 is 38.6 Å². The molecule has 0 saturated heterocycles. The van der Waals surface area contributed by atoms with Crippen LogP contribution in [0, 0.1) is 5.41 Å². The largest absolute Gasteiger partial charge is 1.00 e. The molecule has 7 nitrogen and oxygen atoms in total. The van der Waals surface area contributed by atoms with E-state index in [1.165, 1.54) is 13.8 Å². The fourth-order valence-electron chi connectivity index (χ4n) is 3.08. The Hall–Kier alpha value is 1.85. The van der Waals surface area contributed by atoms with Gasteiger partial charge in [-0.2, -0.15) is 0 Å². The Morgan fingerprint density at radius 1 is 0.840 bits per heavy atom. The van der Waals surface area contributed by atoms with Crippen molar-refractivity contribution < 1.29 is 121 Å². The van der Waals surface area contributed by atoms with Crippen molar-refractivity contribution in [2.24, 2.45) is 5.41 Å². The molecule has 0 amide bonds. The molecular formula is C14H23Na3O7S. The van der Waals surface area contributed by atoms with E-state index in [-0.39, 0.29) is 108 Å². The van der Waals surface area contributed by atoms with Crippen molar-refractivity contribution in [1.82, 2.24) is 0 Å². The van der Waals surface area contributed by atoms with Crippen LogP contribution in [-0.4, -0.2) is 29.7 Å². The van der Waals surface area contributed by atoms with Crippen molar-refractivity contribution in [1.29, 1.82) is 0 Å². The van der Waals surface area contributed by atoms with E-state index in [0.717, 1.165) is 12.8 Å². The van der Waals surface area contributed by atoms with Crippen LogP contribution in [0.1, 0.15) is 65.7 Å². The van der Waals surface area contributed by atoms with Gasteiger partial charge in [0.15, 0.2) is 0 Å². The summed E-state index contributed by atoms with van der Waals surface area (Å²) in [5, 5.41) is 23.2. The summed E-state index contributed by atoms with van der Waals surface area (Å²) in [6, 6.07) is 0. The molecule has 0 aliphatic heterocycles. The SMILES string of the molecule is CCCCCCC(C(=O)[O-])(C(CC)(CC)C(=O)[O-])S(=O)(=O)[O-].[Na+].[Na+].[Na+]. The van der Waals surface area contributed by atoms with E-state index in [1.54, 1.807) is 0 Å². The zero-order valence-electron chi connectivity index (χ0n) is 16.2. The first kappa shape index (κ1) is 34.4. The van der Waals surface area contributed by atoms with Crippen LogP contribution in [0.25, 0.3) is 0 Å². The second-order valence-electron chi connectivity index (χ2n) is 5.46. The molecule has 1 unspecified atom stereocenters. The number of carbonyl (C=O) groups is 2. The van der Waals surface area contributed by atoms with Gasteiger partial charge >= 0.3 is 88.7 Å². The molecule has 0 aliphatic rings. The van der Waals surface area contributed by atoms with Gasteiger partial charge in [0.1, 0.15) is 14.9 Å². The first-order valence-electron chi connectivity index (χ1n) is 7.45. The molecule has 0 rings (SSSR count). The van der Waals surface area contributed by atoms with Crippen LogP contribution >= 0.6 is 0 Å². The zero-order chi connectivity index (χ0) is 17.6. The summed E-state index contributed by atoms with van der Waals surface area (Å²) in [4.78, 5) is 23.2. The van der Waals surface area contributed by atoms with Crippen molar-refractivity contribution in [3.05, 3.63) is 0 Å². The van der Waals surface area contributed by atoms with Crippen molar-refractivity contribution in [2.45, 2.75) is 70.5 Å². The van der Waals surface area contributed by atoms with Crippen LogP contribution in [-0.2, 0) is 19.7 Å². The average molecular weight is 404 g/mol. The third-order valence-electron chi connectivity index (χ3n) is 4.51. The molecule has 0 bridgehead atoms. The Kier molecular flexibility index (Phi) is 20.3. The van der Waals surface area contributed by atoms with Gasteiger partial charge in [-0.3, -0.25) is 0 Å². The number of carboxylic acid groups (broad SMARTS) is 2. The Morgan fingerprint density at radius 3 is 1.52 bits per heavy atom. The number of hydrogen-bond acceptors (Lipinski definition) is 7. The van der Waals surface area contributed by atoms with Crippen LogP contribution in [0.15, 0.2) is 0 Å². The van der Waals surface area contributed by atoms with Crippen LogP contribution < -0.4 is 98.9 Å². The van der Waals surface area contributed by atoms with Crippen LogP contribution in [0.3, 0.4) is 0 Å². The number of unbranched alkanes of at least 4 members (excludes halogenated alkanes) is 3. The molecule has 11 heteroatoms. The molecule has 0 saturated carbocycles. The van der Waals surface area contributed by atoms with Gasteiger partial charge in [0, 0.05) is 11.4 Å². The summed E-state index contributed by atoms with van der Waals surface area (Å²) >= 11 is 0. The second kappa shape index (κ2) is 14.8. The maximum Gasteiger partial charge on any atom is 1.00 e. The maximum absolute atomic E-state index is 11.8. The molecule has 0 aromatic carbocycles. The van der Waals surface area contributed by atoms with Gasteiger partial charge in [0.05, 0.1) is 5.97 Å². The Morgan fingerprint density at radius 2 is 1.28 bits per heavy atom. The number of hydrogen-bond donors (Lipinski definition) is 0. The van der Waals surface area contributed by atoms with Gasteiger partial charge in [-0.1, -0.05) is 46.5 Å². The summed E-state index contributed by atoms with van der Waals surface area (Å²) < 4.78 is 32.3. The van der Waals surface area contributed by atoms with E-state index in [9.17, 15) is 32.8 Å². The standard InChI is InChI=1S/C14H26O7S.3Na/c1-4-7-8-9-10-14(12(17)18,22(19,20)21)13(5-2,6-3)11(15)16;;;/h4-10H2,1-3H3,(H,15,16)(H,17,18)(H,19,20,21);;;/q;3*+1/p-3. The molecule has 0 heterocycles. The summed E-state index contributed by atoms with van der Waals surface area (Å²) in [5.74, 6) is -4.01. The van der Waals surface area contributed by atoms with E-state index in [0.29, 0.717) is 6.42 Å². The Balaban J connectivity index is -0.000000735. The quantitative estimate of drug-likeness (QED) is 0.189. The molecule has 0 N–H and O–H groups in total. The summed E-state index contributed by atoms with van der Waals surface area (Å²) in [7, 11) is -5.47. The van der Waals surface area contributed by atoms with Gasteiger partial charge < -0.3 is 24.4 Å². The van der Waals surface area contributed by atoms with Crippen LogP contribution in [0.5, 0.6) is 0 Å². The second-order valence-corrected chi connectivity index (χ2v) is 7.06. The number of carbonyl (C=O) groups excluding carboxylic acids is 2.